The fraction of sp³-hybridized carbons (Fsp3) is 0.348. The minimum absolute atomic E-state index is 0.122. The standard InChI is InChI=1S/C23H19FN2O5S/c1-30-17-3-2-15-18-11(4-7-32-20(17)18)12-9-26-16(19(12)25-15)8-14-13(21(26)27)10-31-22(28)23(14,29)5-6-24/h2-3,8,29H,4-7,9-10H2,1H3. The summed E-state index contributed by atoms with van der Waals surface area (Å²) in [5, 5.41) is 12.0. The predicted octanol–water partition coefficient (Wildman–Crippen LogP) is 2.69. The molecule has 164 valence electrons. The number of rotatable bonds is 3. The number of pyridine rings is 2. The molecule has 0 amide bonds. The molecule has 32 heavy (non-hydrogen) atoms. The number of aryl methyl sites for hydroxylation is 1. The molecule has 3 aliphatic heterocycles. The van der Waals surface area contributed by atoms with Gasteiger partial charge in [-0.25, -0.2) is 9.78 Å². The lowest BCUT2D eigenvalue weighted by atomic mass is 9.85. The quantitative estimate of drug-likeness (QED) is 0.476. The first kappa shape index (κ1) is 19.8. The second-order valence-electron chi connectivity index (χ2n) is 8.20. The maximum atomic E-state index is 13.4. The van der Waals surface area contributed by atoms with Gasteiger partial charge in [-0.15, -0.1) is 11.8 Å². The first-order chi connectivity index (χ1) is 15.5. The topological polar surface area (TPSA) is 90.7 Å². The number of halogens is 1. The summed E-state index contributed by atoms with van der Waals surface area (Å²) < 4.78 is 25.4. The molecule has 3 aromatic rings. The van der Waals surface area contributed by atoms with Crippen LogP contribution < -0.4 is 10.3 Å². The zero-order chi connectivity index (χ0) is 22.2. The summed E-state index contributed by atoms with van der Waals surface area (Å²) in [5.74, 6) is 0.764. The third kappa shape index (κ3) is 2.43. The molecule has 1 aromatic carbocycles. The molecular formula is C23H19FN2O5S. The Bertz CT molecular complexity index is 1400. The van der Waals surface area contributed by atoms with E-state index in [1.807, 2.05) is 12.1 Å². The van der Waals surface area contributed by atoms with Gasteiger partial charge < -0.3 is 19.1 Å². The summed E-state index contributed by atoms with van der Waals surface area (Å²) in [6, 6.07) is 5.42. The van der Waals surface area contributed by atoms with Gasteiger partial charge in [0.25, 0.3) is 5.56 Å². The molecule has 0 aliphatic carbocycles. The molecule has 0 spiro atoms. The van der Waals surface area contributed by atoms with Gasteiger partial charge in [-0.2, -0.15) is 0 Å². The Balaban J connectivity index is 1.64. The van der Waals surface area contributed by atoms with E-state index in [4.69, 9.17) is 14.5 Å². The average Bonchev–Trinajstić information content (AvgIpc) is 3.17. The Morgan fingerprint density at radius 1 is 1.31 bits per heavy atom. The number of carbonyl (C=O) groups excluding carboxylic acids is 1. The van der Waals surface area contributed by atoms with Crippen molar-refractivity contribution >= 4 is 28.6 Å². The lowest BCUT2D eigenvalue weighted by molar-refractivity contribution is -0.173. The van der Waals surface area contributed by atoms with E-state index >= 15 is 0 Å². The third-order valence-electron chi connectivity index (χ3n) is 6.65. The van der Waals surface area contributed by atoms with Gasteiger partial charge in [-0.3, -0.25) is 9.18 Å². The summed E-state index contributed by atoms with van der Waals surface area (Å²) in [7, 11) is 1.65. The largest absolute Gasteiger partial charge is 0.496 e. The van der Waals surface area contributed by atoms with Crippen molar-refractivity contribution in [3.05, 3.63) is 50.8 Å². The molecule has 0 fully saturated rings. The van der Waals surface area contributed by atoms with Gasteiger partial charge in [0.1, 0.15) is 12.4 Å². The number of hydrogen-bond donors (Lipinski definition) is 1. The lowest BCUT2D eigenvalue weighted by Crippen LogP contribution is -2.45. The first-order valence-corrected chi connectivity index (χ1v) is 11.3. The molecule has 3 aliphatic rings. The van der Waals surface area contributed by atoms with Gasteiger partial charge in [-0.1, -0.05) is 0 Å². The fourth-order valence-corrected chi connectivity index (χ4v) is 6.26. The number of fused-ring (bicyclic) bond motifs is 5. The monoisotopic (exact) mass is 454 g/mol. The van der Waals surface area contributed by atoms with E-state index in [0.717, 1.165) is 44.8 Å². The second-order valence-corrected chi connectivity index (χ2v) is 9.30. The number of nitrogens with zero attached hydrogens (tertiary/aromatic N) is 2. The summed E-state index contributed by atoms with van der Waals surface area (Å²) in [5.41, 5.74) is 1.89. The first-order valence-electron chi connectivity index (χ1n) is 10.4. The normalized spacial score (nSPS) is 20.5. The molecule has 0 radical (unpaired) electrons. The smallest absolute Gasteiger partial charge is 0.343 e. The lowest BCUT2D eigenvalue weighted by Gasteiger charge is -2.32. The van der Waals surface area contributed by atoms with E-state index in [-0.39, 0.29) is 23.3 Å². The van der Waals surface area contributed by atoms with Crippen LogP contribution in [0, 0.1) is 0 Å². The van der Waals surface area contributed by atoms with Crippen LogP contribution in [0.1, 0.15) is 28.7 Å². The highest BCUT2D eigenvalue weighted by molar-refractivity contribution is 7.99. The number of ether oxygens (including phenoxy) is 2. The van der Waals surface area contributed by atoms with Gasteiger partial charge in [0.15, 0.2) is 5.60 Å². The summed E-state index contributed by atoms with van der Waals surface area (Å²) in [4.78, 5) is 31.6. The molecule has 0 bridgehead atoms. The van der Waals surface area contributed by atoms with Crippen molar-refractivity contribution < 1.29 is 23.8 Å². The van der Waals surface area contributed by atoms with Crippen molar-refractivity contribution in [2.45, 2.75) is 36.5 Å². The van der Waals surface area contributed by atoms with Crippen LogP contribution in [0.5, 0.6) is 5.75 Å². The Kier molecular flexibility index (Phi) is 4.19. The van der Waals surface area contributed by atoms with E-state index in [2.05, 4.69) is 0 Å². The van der Waals surface area contributed by atoms with E-state index in [9.17, 15) is 19.1 Å². The Morgan fingerprint density at radius 2 is 2.16 bits per heavy atom. The van der Waals surface area contributed by atoms with Crippen molar-refractivity contribution in [3.8, 4) is 17.1 Å². The van der Waals surface area contributed by atoms with Crippen molar-refractivity contribution in [3.63, 3.8) is 0 Å². The van der Waals surface area contributed by atoms with Crippen LogP contribution in [-0.4, -0.2) is 40.2 Å². The number of aliphatic hydroxyl groups is 1. The van der Waals surface area contributed by atoms with Crippen molar-refractivity contribution in [1.29, 1.82) is 0 Å². The predicted molar refractivity (Wildman–Crippen MR) is 116 cm³/mol. The highest BCUT2D eigenvalue weighted by Crippen LogP contribution is 2.46. The number of carbonyl (C=O) groups is 1. The van der Waals surface area contributed by atoms with Gasteiger partial charge in [0.05, 0.1) is 47.7 Å². The van der Waals surface area contributed by atoms with Crippen LogP contribution in [0.2, 0.25) is 0 Å². The van der Waals surface area contributed by atoms with Crippen LogP contribution in [0.25, 0.3) is 22.3 Å². The Morgan fingerprint density at radius 3 is 2.94 bits per heavy atom. The zero-order valence-electron chi connectivity index (χ0n) is 17.2. The third-order valence-corrected chi connectivity index (χ3v) is 7.75. The second kappa shape index (κ2) is 6.79. The number of thioether (sulfide) groups is 1. The van der Waals surface area contributed by atoms with E-state index in [1.165, 1.54) is 0 Å². The zero-order valence-corrected chi connectivity index (χ0v) is 18.1. The SMILES string of the molecule is COc1ccc2nc3c(c4c2c1SCC4)Cn1c-3cc2c(c1=O)COC(=O)C2(O)CCF. The van der Waals surface area contributed by atoms with E-state index < -0.39 is 24.7 Å². The van der Waals surface area contributed by atoms with Crippen molar-refractivity contribution in [1.82, 2.24) is 9.55 Å². The molecule has 1 unspecified atom stereocenters. The number of benzene rings is 1. The highest BCUT2D eigenvalue weighted by atomic mass is 32.2. The summed E-state index contributed by atoms with van der Waals surface area (Å²) in [6.45, 7) is -0.806. The van der Waals surface area contributed by atoms with E-state index in [0.29, 0.717) is 17.9 Å². The van der Waals surface area contributed by atoms with Crippen LogP contribution in [0.3, 0.4) is 0 Å². The molecule has 1 N–H and O–H groups in total. The van der Waals surface area contributed by atoms with Gasteiger partial charge in [0.2, 0.25) is 0 Å². The maximum absolute atomic E-state index is 13.4. The minimum Gasteiger partial charge on any atom is -0.496 e. The number of methoxy groups -OCH3 is 1. The maximum Gasteiger partial charge on any atom is 0.343 e. The Hall–Kier alpha value is -2.91. The fourth-order valence-electron chi connectivity index (χ4n) is 5.09. The number of hydrogen-bond acceptors (Lipinski definition) is 7. The van der Waals surface area contributed by atoms with E-state index in [1.54, 1.807) is 29.5 Å². The summed E-state index contributed by atoms with van der Waals surface area (Å²) in [6.07, 6.45) is 0.368. The van der Waals surface area contributed by atoms with Gasteiger partial charge in [-0.05, 0) is 30.2 Å². The molecule has 0 saturated carbocycles. The molecule has 5 heterocycles. The minimum atomic E-state index is -2.18. The molecule has 2 aromatic heterocycles. The molecule has 7 nitrogen and oxygen atoms in total. The van der Waals surface area contributed by atoms with Crippen LogP contribution in [0.15, 0.2) is 27.9 Å². The van der Waals surface area contributed by atoms with Crippen LogP contribution >= 0.6 is 11.8 Å². The number of alkyl halides is 1. The van der Waals surface area contributed by atoms with Crippen LogP contribution in [-0.2, 0) is 34.7 Å². The Labute approximate surface area is 186 Å². The molecule has 0 saturated heterocycles. The van der Waals surface area contributed by atoms with Gasteiger partial charge >= 0.3 is 5.97 Å². The molecule has 9 heteroatoms. The number of esters is 1. The molecule has 1 atom stereocenters. The summed E-state index contributed by atoms with van der Waals surface area (Å²) >= 11 is 1.73. The number of aromatic nitrogens is 2. The highest BCUT2D eigenvalue weighted by Gasteiger charge is 2.46. The van der Waals surface area contributed by atoms with Crippen LogP contribution in [0.4, 0.5) is 4.39 Å². The van der Waals surface area contributed by atoms with Crippen molar-refractivity contribution in [2.75, 3.05) is 19.5 Å². The van der Waals surface area contributed by atoms with Crippen molar-refractivity contribution in [2.24, 2.45) is 0 Å². The molecular weight excluding hydrogens is 435 g/mol. The molecule has 6 rings (SSSR count). The average molecular weight is 454 g/mol. The van der Waals surface area contributed by atoms with Gasteiger partial charge in [0, 0.05) is 28.7 Å². The number of cyclic esters (lactones) is 1.